The Morgan fingerprint density at radius 3 is 1.55 bits per heavy atom. The van der Waals surface area contributed by atoms with Gasteiger partial charge in [-0.25, -0.2) is 0 Å². The topological polar surface area (TPSA) is 95.9 Å². The van der Waals surface area contributed by atoms with Crippen molar-refractivity contribution in [3.63, 3.8) is 0 Å². The third kappa shape index (κ3) is 41.8. The molecular formula is C54H93NO5. The summed E-state index contributed by atoms with van der Waals surface area (Å²) in [6, 6.07) is -0.721. The summed E-state index contributed by atoms with van der Waals surface area (Å²) in [5.41, 5.74) is 0. The molecule has 0 fully saturated rings. The first-order valence-corrected chi connectivity index (χ1v) is 24.9. The molecule has 0 bridgehead atoms. The predicted octanol–water partition coefficient (Wildman–Crippen LogP) is 14.8. The highest BCUT2D eigenvalue weighted by atomic mass is 16.5. The number of ether oxygens (including phenoxy) is 1. The van der Waals surface area contributed by atoms with Crippen LogP contribution in [0.25, 0.3) is 0 Å². The number of hydrogen-bond donors (Lipinski definition) is 3. The van der Waals surface area contributed by atoms with E-state index in [0.717, 1.165) is 96.3 Å². The lowest BCUT2D eigenvalue weighted by molar-refractivity contribution is -0.151. The fourth-order valence-corrected chi connectivity index (χ4v) is 7.03. The second-order valence-corrected chi connectivity index (χ2v) is 16.6. The SMILES string of the molecule is CC/C=C/C=C/C=C\C=C/CCCCCC(=O)OC(CCCCCC/C=C\C/C=C\C/C=C\CCCCC)CC(=O)NC(CO)C(O)CCCCCCCCCCCCC. The average Bonchev–Trinajstić information content (AvgIpc) is 3.24. The second kappa shape index (κ2) is 47.1. The van der Waals surface area contributed by atoms with Crippen LogP contribution in [0.2, 0.25) is 0 Å². The molecule has 3 N–H and O–H groups in total. The van der Waals surface area contributed by atoms with Gasteiger partial charge in [0.1, 0.15) is 6.10 Å². The smallest absolute Gasteiger partial charge is 0.306 e. The first-order valence-electron chi connectivity index (χ1n) is 24.9. The van der Waals surface area contributed by atoms with Crippen molar-refractivity contribution in [1.29, 1.82) is 0 Å². The Morgan fingerprint density at radius 1 is 0.517 bits per heavy atom. The summed E-state index contributed by atoms with van der Waals surface area (Å²) in [5, 5.41) is 23.7. The third-order valence-electron chi connectivity index (χ3n) is 10.8. The van der Waals surface area contributed by atoms with Crippen LogP contribution in [-0.4, -0.2) is 46.9 Å². The number of nitrogens with one attached hydrogen (secondary N) is 1. The maximum atomic E-state index is 13.2. The molecule has 0 saturated carbocycles. The van der Waals surface area contributed by atoms with Gasteiger partial charge in [0.05, 0.1) is 25.2 Å². The molecule has 0 rings (SSSR count). The number of allylic oxidation sites excluding steroid dienone is 14. The van der Waals surface area contributed by atoms with Gasteiger partial charge in [0, 0.05) is 6.42 Å². The van der Waals surface area contributed by atoms with Crippen LogP contribution in [0, 0.1) is 0 Å². The molecule has 0 radical (unpaired) electrons. The van der Waals surface area contributed by atoms with Crippen molar-refractivity contribution >= 4 is 11.9 Å². The number of esters is 1. The van der Waals surface area contributed by atoms with E-state index in [2.05, 4.69) is 80.8 Å². The average molecular weight is 836 g/mol. The lowest BCUT2D eigenvalue weighted by Crippen LogP contribution is -2.46. The molecule has 6 heteroatoms. The van der Waals surface area contributed by atoms with E-state index in [1.54, 1.807) is 0 Å². The molecule has 0 aromatic heterocycles. The van der Waals surface area contributed by atoms with E-state index in [9.17, 15) is 19.8 Å². The van der Waals surface area contributed by atoms with Crippen molar-refractivity contribution in [2.24, 2.45) is 0 Å². The molecule has 0 saturated heterocycles. The first kappa shape index (κ1) is 57.0. The minimum atomic E-state index is -0.804. The van der Waals surface area contributed by atoms with Gasteiger partial charge in [0.25, 0.3) is 0 Å². The standard InChI is InChI=1S/C54H93NO5/c1-4-7-10-13-16-19-22-24-25-26-27-29-31-33-36-39-42-45-50(60-54(59)47-44-41-38-35-32-28-23-20-17-14-11-8-5-2)48-53(58)55-51(49-56)52(57)46-43-40-37-34-30-21-18-15-12-9-6-3/h8,11,14,16-17,19-20,23-25,27-29,32,50-52,56-57H,4-7,9-10,12-13,15,18,21-22,26,30-31,33-49H2,1-3H3,(H,55,58)/b11-8+,17-14+,19-16-,23-20-,25-24-,29-27-,32-28-. The van der Waals surface area contributed by atoms with Gasteiger partial charge >= 0.3 is 5.97 Å². The molecule has 344 valence electrons. The number of aliphatic hydroxyl groups excluding tert-OH is 2. The van der Waals surface area contributed by atoms with E-state index in [4.69, 9.17) is 4.74 Å². The molecule has 1 amide bonds. The highest BCUT2D eigenvalue weighted by Crippen LogP contribution is 2.17. The Balaban J connectivity index is 4.73. The maximum absolute atomic E-state index is 13.2. The fraction of sp³-hybridized carbons (Fsp3) is 0.704. The number of carbonyl (C=O) groups excluding carboxylic acids is 2. The Hall–Kier alpha value is -2.96. The van der Waals surface area contributed by atoms with Gasteiger partial charge < -0.3 is 20.3 Å². The van der Waals surface area contributed by atoms with E-state index >= 15 is 0 Å². The summed E-state index contributed by atoms with van der Waals surface area (Å²) in [4.78, 5) is 26.1. The summed E-state index contributed by atoms with van der Waals surface area (Å²) in [7, 11) is 0. The molecular weight excluding hydrogens is 743 g/mol. The second-order valence-electron chi connectivity index (χ2n) is 16.6. The van der Waals surface area contributed by atoms with Crippen molar-refractivity contribution in [1.82, 2.24) is 5.32 Å². The van der Waals surface area contributed by atoms with Crippen LogP contribution < -0.4 is 5.32 Å². The third-order valence-corrected chi connectivity index (χ3v) is 10.8. The van der Waals surface area contributed by atoms with E-state index < -0.39 is 18.2 Å². The van der Waals surface area contributed by atoms with Gasteiger partial charge in [0.15, 0.2) is 0 Å². The van der Waals surface area contributed by atoms with Crippen molar-refractivity contribution in [3.8, 4) is 0 Å². The summed E-state index contributed by atoms with van der Waals surface area (Å²) in [6.45, 7) is 6.28. The van der Waals surface area contributed by atoms with Crippen molar-refractivity contribution in [3.05, 3.63) is 85.1 Å². The van der Waals surface area contributed by atoms with E-state index in [0.29, 0.717) is 19.3 Å². The Labute approximate surface area is 370 Å². The molecule has 0 spiro atoms. The maximum Gasteiger partial charge on any atom is 0.306 e. The zero-order valence-corrected chi connectivity index (χ0v) is 39.1. The van der Waals surface area contributed by atoms with Crippen LogP contribution in [0.5, 0.6) is 0 Å². The van der Waals surface area contributed by atoms with E-state index in [-0.39, 0.29) is 24.9 Å². The van der Waals surface area contributed by atoms with Gasteiger partial charge in [-0.15, -0.1) is 0 Å². The molecule has 3 atom stereocenters. The Morgan fingerprint density at radius 2 is 0.967 bits per heavy atom. The summed E-state index contributed by atoms with van der Waals surface area (Å²) >= 11 is 0. The molecule has 6 nitrogen and oxygen atoms in total. The molecule has 0 aromatic carbocycles. The number of unbranched alkanes of at least 4 members (excludes halogenated alkanes) is 20. The van der Waals surface area contributed by atoms with Gasteiger partial charge in [-0.2, -0.15) is 0 Å². The monoisotopic (exact) mass is 836 g/mol. The normalized spacial score (nSPS) is 14.0. The number of amides is 1. The van der Waals surface area contributed by atoms with Gasteiger partial charge in [0.2, 0.25) is 5.91 Å². The molecule has 0 heterocycles. The lowest BCUT2D eigenvalue weighted by Gasteiger charge is -2.24. The Bertz CT molecular complexity index is 1160. The quantitative estimate of drug-likeness (QED) is 0.0246. The largest absolute Gasteiger partial charge is 0.462 e. The zero-order valence-electron chi connectivity index (χ0n) is 39.1. The van der Waals surface area contributed by atoms with Crippen molar-refractivity contribution in [2.45, 2.75) is 238 Å². The summed E-state index contributed by atoms with van der Waals surface area (Å²) in [6.07, 6.45) is 60.6. The van der Waals surface area contributed by atoms with Crippen LogP contribution in [0.15, 0.2) is 85.1 Å². The van der Waals surface area contributed by atoms with E-state index in [1.165, 1.54) is 77.0 Å². The zero-order chi connectivity index (χ0) is 43.8. The van der Waals surface area contributed by atoms with Gasteiger partial charge in [-0.1, -0.05) is 209 Å². The summed E-state index contributed by atoms with van der Waals surface area (Å²) < 4.78 is 5.90. The van der Waals surface area contributed by atoms with Crippen LogP contribution in [-0.2, 0) is 14.3 Å². The number of rotatable bonds is 43. The van der Waals surface area contributed by atoms with Crippen LogP contribution >= 0.6 is 0 Å². The van der Waals surface area contributed by atoms with Crippen LogP contribution in [0.1, 0.15) is 220 Å². The molecule has 0 aromatic rings. The molecule has 0 aliphatic carbocycles. The van der Waals surface area contributed by atoms with Crippen molar-refractivity contribution < 1.29 is 24.5 Å². The molecule has 3 unspecified atom stereocenters. The van der Waals surface area contributed by atoms with Gasteiger partial charge in [-0.3, -0.25) is 9.59 Å². The Kier molecular flexibility index (Phi) is 44.8. The minimum Gasteiger partial charge on any atom is -0.462 e. The highest BCUT2D eigenvalue weighted by molar-refractivity contribution is 5.77. The highest BCUT2D eigenvalue weighted by Gasteiger charge is 2.24. The van der Waals surface area contributed by atoms with Crippen LogP contribution in [0.4, 0.5) is 0 Å². The predicted molar refractivity (Wildman–Crippen MR) is 259 cm³/mol. The number of carbonyl (C=O) groups is 2. The van der Waals surface area contributed by atoms with Crippen molar-refractivity contribution in [2.75, 3.05) is 6.61 Å². The lowest BCUT2D eigenvalue weighted by atomic mass is 10.0. The van der Waals surface area contributed by atoms with Crippen LogP contribution in [0.3, 0.4) is 0 Å². The minimum absolute atomic E-state index is 0.0424. The number of hydrogen-bond acceptors (Lipinski definition) is 5. The fourth-order valence-electron chi connectivity index (χ4n) is 7.03. The summed E-state index contributed by atoms with van der Waals surface area (Å²) in [5.74, 6) is -0.548. The molecule has 0 aliphatic heterocycles. The number of aliphatic hydroxyl groups is 2. The van der Waals surface area contributed by atoms with Gasteiger partial charge in [-0.05, 0) is 83.5 Å². The van der Waals surface area contributed by atoms with E-state index in [1.807, 2.05) is 30.4 Å². The molecule has 0 aliphatic rings. The first-order chi connectivity index (χ1) is 29.5. The molecule has 60 heavy (non-hydrogen) atoms.